The van der Waals surface area contributed by atoms with Crippen molar-refractivity contribution in [2.45, 2.75) is 17.1 Å². The van der Waals surface area contributed by atoms with Crippen molar-refractivity contribution in [3.05, 3.63) is 53.6 Å². The molecule has 0 unspecified atom stereocenters. The minimum atomic E-state index is -0.285. The Kier molecular flexibility index (Phi) is 5.13. The Bertz CT molecular complexity index is 647. The topological polar surface area (TPSA) is 42.2 Å². The van der Waals surface area contributed by atoms with E-state index in [1.807, 2.05) is 49.4 Å². The summed E-state index contributed by atoms with van der Waals surface area (Å²) in [7, 11) is 3.19. The number of aryl methyl sites for hydroxylation is 1. The van der Waals surface area contributed by atoms with Crippen LogP contribution in [0.3, 0.4) is 0 Å². The van der Waals surface area contributed by atoms with Crippen molar-refractivity contribution in [1.82, 2.24) is 0 Å². The van der Waals surface area contributed by atoms with E-state index in [-0.39, 0.29) is 5.25 Å². The van der Waals surface area contributed by atoms with Crippen LogP contribution in [0.4, 0.5) is 0 Å². The highest BCUT2D eigenvalue weighted by Gasteiger charge is 2.15. The lowest BCUT2D eigenvalue weighted by Gasteiger charge is -2.13. The van der Waals surface area contributed by atoms with Crippen molar-refractivity contribution in [2.75, 3.05) is 14.2 Å². The van der Waals surface area contributed by atoms with Crippen molar-refractivity contribution in [2.24, 2.45) is 0 Å². The van der Waals surface area contributed by atoms with Gasteiger partial charge in [0, 0.05) is 4.90 Å². The first kappa shape index (κ1) is 15.3. The molecule has 0 N–H and O–H groups in total. The maximum atomic E-state index is 9.44. The Balaban J connectivity index is 2.25. The third-order valence-corrected chi connectivity index (χ3v) is 4.26. The first-order valence-electron chi connectivity index (χ1n) is 6.52. The summed E-state index contributed by atoms with van der Waals surface area (Å²) in [5, 5.41) is 9.16. The molecule has 2 aromatic rings. The van der Waals surface area contributed by atoms with Gasteiger partial charge in [0.15, 0.2) is 11.5 Å². The number of methoxy groups -OCH3 is 2. The van der Waals surface area contributed by atoms with E-state index in [0.717, 1.165) is 10.5 Å². The van der Waals surface area contributed by atoms with Crippen molar-refractivity contribution in [3.63, 3.8) is 0 Å². The lowest BCUT2D eigenvalue weighted by Crippen LogP contribution is -1.95. The minimum absolute atomic E-state index is 0.285. The van der Waals surface area contributed by atoms with E-state index in [9.17, 15) is 5.26 Å². The summed E-state index contributed by atoms with van der Waals surface area (Å²) in [6, 6.07) is 16.1. The number of rotatable bonds is 5. The molecule has 3 nitrogen and oxygen atoms in total. The summed E-state index contributed by atoms with van der Waals surface area (Å²) in [5.41, 5.74) is 2.11. The molecule has 0 aliphatic rings. The Morgan fingerprint density at radius 3 is 2.24 bits per heavy atom. The Morgan fingerprint density at radius 2 is 1.67 bits per heavy atom. The van der Waals surface area contributed by atoms with Gasteiger partial charge in [0.05, 0.1) is 20.3 Å². The second-order valence-corrected chi connectivity index (χ2v) is 5.73. The van der Waals surface area contributed by atoms with Gasteiger partial charge in [-0.15, -0.1) is 11.8 Å². The van der Waals surface area contributed by atoms with E-state index >= 15 is 0 Å². The molecule has 0 saturated carbocycles. The van der Waals surface area contributed by atoms with Gasteiger partial charge in [-0.05, 0) is 36.8 Å². The Hall–Kier alpha value is -2.12. The van der Waals surface area contributed by atoms with Crippen LogP contribution in [0.25, 0.3) is 0 Å². The average molecular weight is 299 g/mol. The number of benzene rings is 2. The maximum Gasteiger partial charge on any atom is 0.161 e. The zero-order valence-electron chi connectivity index (χ0n) is 12.3. The standard InChI is InChI=1S/C17H17NO2S/c1-12-4-7-14(8-5-12)21-17(11-18)13-6-9-15(19-2)16(10-13)20-3/h4-10,17H,1-3H3/t17-/m0/s1. The molecule has 2 rings (SSSR count). The van der Waals surface area contributed by atoms with Crippen LogP contribution in [-0.4, -0.2) is 14.2 Å². The van der Waals surface area contributed by atoms with E-state index in [4.69, 9.17) is 9.47 Å². The van der Waals surface area contributed by atoms with Crippen molar-refractivity contribution in [1.29, 1.82) is 5.26 Å². The van der Waals surface area contributed by atoms with Crippen LogP contribution in [0.5, 0.6) is 11.5 Å². The second-order valence-electron chi connectivity index (χ2n) is 4.55. The largest absolute Gasteiger partial charge is 0.493 e. The SMILES string of the molecule is COc1ccc([C@H](C#N)Sc2ccc(C)cc2)cc1OC. The van der Waals surface area contributed by atoms with Gasteiger partial charge in [-0.1, -0.05) is 23.8 Å². The zero-order valence-corrected chi connectivity index (χ0v) is 13.1. The first-order chi connectivity index (χ1) is 10.2. The van der Waals surface area contributed by atoms with Gasteiger partial charge < -0.3 is 9.47 Å². The Labute approximate surface area is 129 Å². The number of ether oxygens (including phenoxy) is 2. The summed E-state index contributed by atoms with van der Waals surface area (Å²) in [6.07, 6.45) is 0. The molecule has 4 heteroatoms. The third kappa shape index (κ3) is 3.71. The second kappa shape index (κ2) is 7.05. The summed E-state index contributed by atoms with van der Waals surface area (Å²) >= 11 is 1.53. The van der Waals surface area contributed by atoms with Crippen LogP contribution < -0.4 is 9.47 Å². The van der Waals surface area contributed by atoms with Gasteiger partial charge in [-0.3, -0.25) is 0 Å². The minimum Gasteiger partial charge on any atom is -0.493 e. The first-order valence-corrected chi connectivity index (χ1v) is 7.40. The van der Waals surface area contributed by atoms with Gasteiger partial charge >= 0.3 is 0 Å². The van der Waals surface area contributed by atoms with E-state index in [1.165, 1.54) is 17.3 Å². The highest BCUT2D eigenvalue weighted by atomic mass is 32.2. The monoisotopic (exact) mass is 299 g/mol. The third-order valence-electron chi connectivity index (χ3n) is 3.10. The van der Waals surface area contributed by atoms with Gasteiger partial charge in [0.1, 0.15) is 5.25 Å². The molecule has 0 radical (unpaired) electrons. The molecular weight excluding hydrogens is 282 g/mol. The molecule has 0 heterocycles. The van der Waals surface area contributed by atoms with E-state index in [0.29, 0.717) is 11.5 Å². The summed E-state index contributed by atoms with van der Waals surface area (Å²) in [6.45, 7) is 2.05. The van der Waals surface area contributed by atoms with Crippen LogP contribution in [-0.2, 0) is 0 Å². The molecule has 0 fully saturated rings. The fourth-order valence-electron chi connectivity index (χ4n) is 1.94. The van der Waals surface area contributed by atoms with E-state index in [1.54, 1.807) is 14.2 Å². The van der Waals surface area contributed by atoms with Gasteiger partial charge in [-0.25, -0.2) is 0 Å². The molecule has 1 atom stereocenters. The van der Waals surface area contributed by atoms with Crippen LogP contribution in [0.1, 0.15) is 16.4 Å². The fourth-order valence-corrected chi connectivity index (χ4v) is 2.84. The number of thioether (sulfide) groups is 1. The number of nitrogens with zero attached hydrogens (tertiary/aromatic N) is 1. The van der Waals surface area contributed by atoms with Crippen molar-refractivity contribution >= 4 is 11.8 Å². The number of hydrogen-bond acceptors (Lipinski definition) is 4. The normalized spacial score (nSPS) is 11.5. The predicted molar refractivity (Wildman–Crippen MR) is 84.9 cm³/mol. The lowest BCUT2D eigenvalue weighted by atomic mass is 10.1. The highest BCUT2D eigenvalue weighted by molar-refractivity contribution is 7.99. The molecule has 108 valence electrons. The van der Waals surface area contributed by atoms with Gasteiger partial charge in [0.2, 0.25) is 0 Å². The van der Waals surface area contributed by atoms with Crippen LogP contribution >= 0.6 is 11.8 Å². The summed E-state index contributed by atoms with van der Waals surface area (Å²) in [4.78, 5) is 1.07. The summed E-state index contributed by atoms with van der Waals surface area (Å²) < 4.78 is 10.5. The average Bonchev–Trinajstić information content (AvgIpc) is 2.53. The van der Waals surface area contributed by atoms with E-state index < -0.39 is 0 Å². The maximum absolute atomic E-state index is 9.44. The molecule has 21 heavy (non-hydrogen) atoms. The number of hydrogen-bond donors (Lipinski definition) is 0. The fraction of sp³-hybridized carbons (Fsp3) is 0.235. The van der Waals surface area contributed by atoms with Crippen LogP contribution in [0.15, 0.2) is 47.4 Å². The lowest BCUT2D eigenvalue weighted by molar-refractivity contribution is 0.354. The molecule has 0 spiro atoms. The van der Waals surface area contributed by atoms with Crippen molar-refractivity contribution < 1.29 is 9.47 Å². The van der Waals surface area contributed by atoms with Crippen LogP contribution in [0.2, 0.25) is 0 Å². The quantitative estimate of drug-likeness (QED) is 0.769. The number of nitriles is 1. The molecule has 0 aliphatic heterocycles. The molecule has 0 aromatic heterocycles. The smallest absolute Gasteiger partial charge is 0.161 e. The molecule has 0 amide bonds. The van der Waals surface area contributed by atoms with Crippen molar-refractivity contribution in [3.8, 4) is 17.6 Å². The van der Waals surface area contributed by atoms with E-state index in [2.05, 4.69) is 6.07 Å². The molecule has 2 aromatic carbocycles. The molecular formula is C17H17NO2S. The highest BCUT2D eigenvalue weighted by Crippen LogP contribution is 2.38. The Morgan fingerprint density at radius 1 is 1.00 bits per heavy atom. The summed E-state index contributed by atoms with van der Waals surface area (Å²) in [5.74, 6) is 1.30. The zero-order chi connectivity index (χ0) is 15.2. The van der Waals surface area contributed by atoms with Gasteiger partial charge in [-0.2, -0.15) is 5.26 Å². The molecule has 0 saturated heterocycles. The molecule has 0 bridgehead atoms. The van der Waals surface area contributed by atoms with Gasteiger partial charge in [0.25, 0.3) is 0 Å². The molecule has 0 aliphatic carbocycles. The van der Waals surface area contributed by atoms with Crippen LogP contribution in [0, 0.1) is 18.3 Å². The predicted octanol–water partition coefficient (Wildman–Crippen LogP) is 4.37.